The zero-order valence-electron chi connectivity index (χ0n) is 11.0. The summed E-state index contributed by atoms with van der Waals surface area (Å²) in [6.07, 6.45) is -0.290. The van der Waals surface area contributed by atoms with Gasteiger partial charge in [0.2, 0.25) is 0 Å². The maximum absolute atomic E-state index is 11.6. The highest BCUT2D eigenvalue weighted by molar-refractivity contribution is 7.91. The number of hydrogen-bond donors (Lipinski definition) is 2. The number of aliphatic hydroxyl groups is 1. The van der Waals surface area contributed by atoms with Gasteiger partial charge < -0.3 is 15.2 Å². The Balaban J connectivity index is 2.64. The Bertz CT molecular complexity index is 398. The molecule has 1 aliphatic heterocycles. The number of rotatable bonds is 2. The van der Waals surface area contributed by atoms with Gasteiger partial charge in [0.15, 0.2) is 9.84 Å². The minimum absolute atomic E-state index is 0.0602. The van der Waals surface area contributed by atoms with Gasteiger partial charge in [0.25, 0.3) is 0 Å². The number of sulfone groups is 1. The van der Waals surface area contributed by atoms with Crippen LogP contribution in [0.4, 0.5) is 4.79 Å². The first-order valence-corrected chi connectivity index (χ1v) is 7.76. The lowest BCUT2D eigenvalue weighted by Crippen LogP contribution is -2.51. The van der Waals surface area contributed by atoms with Gasteiger partial charge in [-0.05, 0) is 27.2 Å². The predicted octanol–water partition coefficient (Wildman–Crippen LogP) is 0.307. The molecule has 0 aromatic rings. The second-order valence-electron chi connectivity index (χ2n) is 5.60. The van der Waals surface area contributed by atoms with E-state index in [9.17, 15) is 18.3 Å². The number of nitrogens with one attached hydrogen (secondary N) is 1. The van der Waals surface area contributed by atoms with Crippen molar-refractivity contribution in [3.05, 3.63) is 0 Å². The highest BCUT2D eigenvalue weighted by Crippen LogP contribution is 2.19. The third-order valence-electron chi connectivity index (χ3n) is 2.74. The second-order valence-corrected chi connectivity index (χ2v) is 7.83. The Morgan fingerprint density at radius 3 is 2.56 bits per heavy atom. The van der Waals surface area contributed by atoms with Crippen molar-refractivity contribution in [2.24, 2.45) is 5.92 Å². The van der Waals surface area contributed by atoms with Gasteiger partial charge in [-0.25, -0.2) is 13.2 Å². The number of hydrogen-bond acceptors (Lipinski definition) is 5. The van der Waals surface area contributed by atoms with Gasteiger partial charge in [0, 0.05) is 12.5 Å². The largest absolute Gasteiger partial charge is 0.444 e. The summed E-state index contributed by atoms with van der Waals surface area (Å²) in [7, 11) is -3.15. The summed E-state index contributed by atoms with van der Waals surface area (Å²) in [5.74, 6) is -0.316. The molecule has 1 rings (SSSR count). The molecule has 1 fully saturated rings. The monoisotopic (exact) mass is 279 g/mol. The second kappa shape index (κ2) is 5.44. The van der Waals surface area contributed by atoms with Crippen LogP contribution in [-0.4, -0.2) is 49.4 Å². The quantitative estimate of drug-likeness (QED) is 0.758. The van der Waals surface area contributed by atoms with E-state index >= 15 is 0 Å². The molecule has 0 aliphatic carbocycles. The number of aliphatic hydroxyl groups excluding tert-OH is 1. The number of carbonyl (C=O) groups is 1. The zero-order chi connectivity index (χ0) is 14.0. The summed E-state index contributed by atoms with van der Waals surface area (Å²) in [5, 5.41) is 11.7. The summed E-state index contributed by atoms with van der Waals surface area (Å²) in [4.78, 5) is 11.6. The topological polar surface area (TPSA) is 92.7 Å². The molecule has 0 aromatic heterocycles. The molecule has 2 atom stereocenters. The van der Waals surface area contributed by atoms with Crippen LogP contribution >= 0.6 is 0 Å². The molecule has 0 aromatic carbocycles. The van der Waals surface area contributed by atoms with Gasteiger partial charge in [0.05, 0.1) is 17.5 Å². The maximum Gasteiger partial charge on any atom is 0.407 e. The molecule has 2 N–H and O–H groups in total. The molecule has 0 spiro atoms. The normalized spacial score (nSPS) is 27.6. The first kappa shape index (κ1) is 15.2. The molecular formula is C11H21NO5S. The maximum atomic E-state index is 11.6. The van der Waals surface area contributed by atoms with E-state index in [1.165, 1.54) is 0 Å². The first-order valence-electron chi connectivity index (χ1n) is 5.94. The lowest BCUT2D eigenvalue weighted by Gasteiger charge is -2.31. The lowest BCUT2D eigenvalue weighted by atomic mass is 9.99. The molecule has 0 radical (unpaired) electrons. The molecule has 1 aliphatic rings. The predicted molar refractivity (Wildman–Crippen MR) is 67.0 cm³/mol. The van der Waals surface area contributed by atoms with Gasteiger partial charge in [-0.1, -0.05) is 0 Å². The standard InChI is InChI=1S/C11H21NO5S/c1-11(2,3)17-10(14)12-9-7-18(15,16)5-4-8(9)6-13/h8-9,13H,4-7H2,1-3H3,(H,12,14)/t8-,9+/m0/s1. The lowest BCUT2D eigenvalue weighted by molar-refractivity contribution is 0.0477. The average Bonchev–Trinajstić information content (AvgIpc) is 2.13. The molecule has 1 heterocycles. The molecule has 0 bridgehead atoms. The van der Waals surface area contributed by atoms with Crippen LogP contribution in [-0.2, 0) is 14.6 Å². The van der Waals surface area contributed by atoms with E-state index in [-0.39, 0.29) is 24.0 Å². The van der Waals surface area contributed by atoms with E-state index < -0.39 is 27.6 Å². The van der Waals surface area contributed by atoms with E-state index in [4.69, 9.17) is 4.74 Å². The molecule has 1 saturated heterocycles. The Morgan fingerprint density at radius 2 is 2.06 bits per heavy atom. The fourth-order valence-corrected chi connectivity index (χ4v) is 3.59. The third kappa shape index (κ3) is 4.81. The summed E-state index contributed by atoms with van der Waals surface area (Å²) in [6, 6.07) is -0.580. The van der Waals surface area contributed by atoms with Crippen molar-refractivity contribution in [2.75, 3.05) is 18.1 Å². The van der Waals surface area contributed by atoms with Crippen molar-refractivity contribution in [2.45, 2.75) is 38.8 Å². The van der Waals surface area contributed by atoms with E-state index in [1.807, 2.05) is 0 Å². The Kier molecular flexibility index (Phi) is 4.61. The Hall–Kier alpha value is -0.820. The zero-order valence-corrected chi connectivity index (χ0v) is 11.8. The average molecular weight is 279 g/mol. The third-order valence-corrected chi connectivity index (χ3v) is 4.46. The van der Waals surface area contributed by atoms with Crippen LogP contribution in [0, 0.1) is 5.92 Å². The van der Waals surface area contributed by atoms with E-state index in [0.717, 1.165) is 0 Å². The van der Waals surface area contributed by atoms with E-state index in [2.05, 4.69) is 5.32 Å². The number of amides is 1. The SMILES string of the molecule is CC(C)(C)OC(=O)N[C@@H]1CS(=O)(=O)CC[C@H]1CO. The van der Waals surface area contributed by atoms with Crippen LogP contribution < -0.4 is 5.32 Å². The molecular weight excluding hydrogens is 258 g/mol. The van der Waals surface area contributed by atoms with E-state index in [1.54, 1.807) is 20.8 Å². The Morgan fingerprint density at radius 1 is 1.44 bits per heavy atom. The van der Waals surface area contributed by atoms with Crippen molar-refractivity contribution >= 4 is 15.9 Å². The molecule has 0 unspecified atom stereocenters. The van der Waals surface area contributed by atoms with Crippen LogP contribution in [0.1, 0.15) is 27.2 Å². The van der Waals surface area contributed by atoms with Crippen LogP contribution in [0.5, 0.6) is 0 Å². The summed E-state index contributed by atoms with van der Waals surface area (Å²) in [6.45, 7) is 5.05. The minimum atomic E-state index is -3.15. The molecule has 7 heteroatoms. The highest BCUT2D eigenvalue weighted by Gasteiger charge is 2.34. The molecule has 1 amide bonds. The van der Waals surface area contributed by atoms with Gasteiger partial charge in [-0.2, -0.15) is 0 Å². The fraction of sp³-hybridized carbons (Fsp3) is 0.909. The minimum Gasteiger partial charge on any atom is -0.444 e. The molecule has 18 heavy (non-hydrogen) atoms. The van der Waals surface area contributed by atoms with Crippen molar-refractivity contribution in [1.82, 2.24) is 5.32 Å². The first-order chi connectivity index (χ1) is 8.13. The number of alkyl carbamates (subject to hydrolysis) is 1. The fourth-order valence-electron chi connectivity index (χ4n) is 1.86. The van der Waals surface area contributed by atoms with Gasteiger partial charge in [-0.3, -0.25) is 0 Å². The highest BCUT2D eigenvalue weighted by atomic mass is 32.2. The van der Waals surface area contributed by atoms with Crippen LogP contribution in [0.25, 0.3) is 0 Å². The van der Waals surface area contributed by atoms with Gasteiger partial charge in [0.1, 0.15) is 5.60 Å². The Labute approximate surface area is 108 Å². The van der Waals surface area contributed by atoms with Crippen molar-refractivity contribution in [3.8, 4) is 0 Å². The number of carbonyl (C=O) groups excluding carboxylic acids is 1. The molecule has 106 valence electrons. The molecule has 6 nitrogen and oxygen atoms in total. The van der Waals surface area contributed by atoms with Crippen molar-refractivity contribution in [3.63, 3.8) is 0 Å². The molecule has 0 saturated carbocycles. The van der Waals surface area contributed by atoms with Crippen LogP contribution in [0.3, 0.4) is 0 Å². The summed E-state index contributed by atoms with van der Waals surface area (Å²) in [5.41, 5.74) is -0.633. The van der Waals surface area contributed by atoms with Crippen LogP contribution in [0.2, 0.25) is 0 Å². The summed E-state index contributed by atoms with van der Waals surface area (Å²) >= 11 is 0. The number of ether oxygens (including phenoxy) is 1. The summed E-state index contributed by atoms with van der Waals surface area (Å²) < 4.78 is 28.1. The van der Waals surface area contributed by atoms with Crippen molar-refractivity contribution < 1.29 is 23.1 Å². The van der Waals surface area contributed by atoms with E-state index in [0.29, 0.717) is 6.42 Å². The van der Waals surface area contributed by atoms with Crippen molar-refractivity contribution in [1.29, 1.82) is 0 Å². The van der Waals surface area contributed by atoms with Gasteiger partial charge in [-0.15, -0.1) is 0 Å². The van der Waals surface area contributed by atoms with Gasteiger partial charge >= 0.3 is 6.09 Å². The smallest absolute Gasteiger partial charge is 0.407 e. The van der Waals surface area contributed by atoms with Crippen LogP contribution in [0.15, 0.2) is 0 Å².